The van der Waals surface area contributed by atoms with Crippen molar-refractivity contribution in [3.63, 3.8) is 0 Å². The van der Waals surface area contributed by atoms with Crippen LogP contribution in [0.4, 0.5) is 11.4 Å². The van der Waals surface area contributed by atoms with Crippen molar-refractivity contribution in [3.8, 4) is 5.75 Å². The molecular weight excluding hydrogens is 270 g/mol. The fourth-order valence-corrected chi connectivity index (χ4v) is 2.50. The number of nitro groups is 1. The van der Waals surface area contributed by atoms with Crippen molar-refractivity contribution in [2.24, 2.45) is 11.7 Å². The highest BCUT2D eigenvalue weighted by Gasteiger charge is 2.29. The summed E-state index contributed by atoms with van der Waals surface area (Å²) in [5, 5.41) is 14.6. The molecule has 0 fully saturated rings. The topological polar surface area (TPSA) is 90.4 Å². The van der Waals surface area contributed by atoms with E-state index in [1.165, 1.54) is 0 Å². The Hall–Kier alpha value is -1.82. The van der Waals surface area contributed by atoms with Crippen molar-refractivity contribution in [1.82, 2.24) is 0 Å². The van der Waals surface area contributed by atoms with Crippen LogP contribution >= 0.6 is 0 Å². The average Bonchev–Trinajstić information content (AvgIpc) is 2.38. The van der Waals surface area contributed by atoms with Gasteiger partial charge in [-0.15, -0.1) is 0 Å². The third kappa shape index (κ3) is 4.60. The summed E-state index contributed by atoms with van der Waals surface area (Å²) in [6.07, 6.45) is 0.819. The van der Waals surface area contributed by atoms with Crippen LogP contribution in [0.3, 0.4) is 0 Å². The second kappa shape index (κ2) is 7.26. The van der Waals surface area contributed by atoms with E-state index in [4.69, 9.17) is 10.5 Å². The molecule has 118 valence electrons. The molecule has 1 atom stereocenters. The molecule has 0 radical (unpaired) electrons. The lowest BCUT2D eigenvalue weighted by Crippen LogP contribution is -2.43. The van der Waals surface area contributed by atoms with Gasteiger partial charge < -0.3 is 15.8 Å². The number of hydrogen-bond donors (Lipinski definition) is 2. The quantitative estimate of drug-likeness (QED) is 0.568. The first-order chi connectivity index (χ1) is 9.83. The molecule has 0 heterocycles. The van der Waals surface area contributed by atoms with E-state index in [1.54, 1.807) is 25.1 Å². The zero-order chi connectivity index (χ0) is 16.0. The first-order valence-corrected chi connectivity index (χ1v) is 7.21. The van der Waals surface area contributed by atoms with Crippen LogP contribution < -0.4 is 15.8 Å². The van der Waals surface area contributed by atoms with Crippen LogP contribution in [0.2, 0.25) is 0 Å². The van der Waals surface area contributed by atoms with Crippen molar-refractivity contribution < 1.29 is 9.66 Å². The van der Waals surface area contributed by atoms with E-state index in [9.17, 15) is 10.1 Å². The predicted octanol–water partition coefficient (Wildman–Crippen LogP) is 3.17. The van der Waals surface area contributed by atoms with Crippen LogP contribution in [0, 0.1) is 16.0 Å². The number of nitrogens with two attached hydrogens (primary N) is 1. The highest BCUT2D eigenvalue weighted by atomic mass is 16.6. The number of rotatable bonds is 8. The van der Waals surface area contributed by atoms with Gasteiger partial charge >= 0.3 is 5.69 Å². The number of nitrogens with one attached hydrogen (secondary N) is 1. The van der Waals surface area contributed by atoms with E-state index in [1.807, 2.05) is 6.92 Å². The average molecular weight is 295 g/mol. The van der Waals surface area contributed by atoms with Crippen molar-refractivity contribution in [2.75, 3.05) is 18.5 Å². The molecular formula is C15H25N3O3. The van der Waals surface area contributed by atoms with Gasteiger partial charge in [0.15, 0.2) is 5.75 Å². The Morgan fingerprint density at radius 1 is 1.48 bits per heavy atom. The lowest BCUT2D eigenvalue weighted by molar-refractivity contribution is -0.385. The van der Waals surface area contributed by atoms with Crippen LogP contribution in [0.15, 0.2) is 18.2 Å². The van der Waals surface area contributed by atoms with Gasteiger partial charge in [0.2, 0.25) is 0 Å². The number of para-hydroxylation sites is 1. The van der Waals surface area contributed by atoms with Gasteiger partial charge in [0.25, 0.3) is 0 Å². The van der Waals surface area contributed by atoms with Crippen LogP contribution in [0.1, 0.15) is 34.1 Å². The van der Waals surface area contributed by atoms with E-state index in [2.05, 4.69) is 19.2 Å². The fourth-order valence-electron chi connectivity index (χ4n) is 2.50. The van der Waals surface area contributed by atoms with Gasteiger partial charge in [0.1, 0.15) is 5.69 Å². The van der Waals surface area contributed by atoms with E-state index >= 15 is 0 Å². The Bertz CT molecular complexity index is 491. The minimum Gasteiger partial charge on any atom is -0.487 e. The lowest BCUT2D eigenvalue weighted by atomic mass is 9.90. The maximum absolute atomic E-state index is 11.4. The zero-order valence-electron chi connectivity index (χ0n) is 13.2. The van der Waals surface area contributed by atoms with Gasteiger partial charge in [-0.2, -0.15) is 0 Å². The Kier molecular flexibility index (Phi) is 5.96. The number of nitrogens with zero attached hydrogens (tertiary/aromatic N) is 1. The van der Waals surface area contributed by atoms with Crippen LogP contribution in [0.25, 0.3) is 0 Å². The summed E-state index contributed by atoms with van der Waals surface area (Å²) in [6.45, 7) is 8.74. The third-order valence-electron chi connectivity index (χ3n) is 3.23. The summed E-state index contributed by atoms with van der Waals surface area (Å²) in [6, 6.07) is 5.04. The summed E-state index contributed by atoms with van der Waals surface area (Å²) in [7, 11) is 0. The van der Waals surface area contributed by atoms with Crippen LogP contribution in [0.5, 0.6) is 5.75 Å². The lowest BCUT2D eigenvalue weighted by Gasteiger charge is -2.32. The maximum atomic E-state index is 11.4. The molecule has 0 spiro atoms. The summed E-state index contributed by atoms with van der Waals surface area (Å²) in [5.74, 6) is 0.705. The summed E-state index contributed by atoms with van der Waals surface area (Å²) >= 11 is 0. The SMILES string of the molecule is CCOc1cccc(NC(C)(CN)CC(C)C)c1[N+](=O)[O-]. The van der Waals surface area contributed by atoms with Crippen LogP contribution in [-0.2, 0) is 0 Å². The Morgan fingerprint density at radius 3 is 2.62 bits per heavy atom. The summed E-state index contributed by atoms with van der Waals surface area (Å²) in [4.78, 5) is 11.0. The minimum atomic E-state index is -0.417. The molecule has 6 heteroatoms. The van der Waals surface area contributed by atoms with Gasteiger partial charge in [0.05, 0.1) is 11.5 Å². The molecule has 21 heavy (non-hydrogen) atoms. The molecule has 0 aromatic heterocycles. The van der Waals surface area contributed by atoms with Crippen molar-refractivity contribution >= 4 is 11.4 Å². The number of hydrogen-bond acceptors (Lipinski definition) is 5. The van der Waals surface area contributed by atoms with Gasteiger partial charge in [-0.3, -0.25) is 10.1 Å². The number of benzene rings is 1. The van der Waals surface area contributed by atoms with E-state index in [0.29, 0.717) is 24.8 Å². The molecule has 0 bridgehead atoms. The zero-order valence-corrected chi connectivity index (χ0v) is 13.2. The summed E-state index contributed by atoms with van der Waals surface area (Å²) < 4.78 is 5.36. The number of anilines is 1. The normalized spacial score (nSPS) is 13.8. The predicted molar refractivity (Wildman–Crippen MR) is 84.8 cm³/mol. The number of ether oxygens (including phenoxy) is 1. The summed E-state index contributed by atoms with van der Waals surface area (Å²) in [5.41, 5.74) is 5.87. The van der Waals surface area contributed by atoms with E-state index in [-0.39, 0.29) is 11.4 Å². The first kappa shape index (κ1) is 17.2. The first-order valence-electron chi connectivity index (χ1n) is 7.21. The highest BCUT2D eigenvalue weighted by molar-refractivity contribution is 5.69. The van der Waals surface area contributed by atoms with E-state index in [0.717, 1.165) is 6.42 Å². The molecule has 3 N–H and O–H groups in total. The third-order valence-corrected chi connectivity index (χ3v) is 3.23. The fraction of sp³-hybridized carbons (Fsp3) is 0.600. The van der Waals surface area contributed by atoms with E-state index < -0.39 is 10.5 Å². The molecule has 0 saturated heterocycles. The largest absolute Gasteiger partial charge is 0.487 e. The molecule has 6 nitrogen and oxygen atoms in total. The highest BCUT2D eigenvalue weighted by Crippen LogP contribution is 2.37. The molecule has 1 aromatic rings. The minimum absolute atomic E-state index is 0.0391. The molecule has 0 saturated carbocycles. The van der Waals surface area contributed by atoms with Gasteiger partial charge in [0, 0.05) is 12.1 Å². The Balaban J connectivity index is 3.17. The van der Waals surface area contributed by atoms with Gasteiger partial charge in [-0.05, 0) is 38.3 Å². The molecule has 1 aromatic carbocycles. The monoisotopic (exact) mass is 295 g/mol. The second-order valence-corrected chi connectivity index (χ2v) is 5.83. The molecule has 0 aliphatic heterocycles. The molecule has 0 amide bonds. The van der Waals surface area contributed by atoms with Crippen molar-refractivity contribution in [3.05, 3.63) is 28.3 Å². The standard InChI is InChI=1S/C15H25N3O3/c1-5-21-13-8-6-7-12(14(13)18(19)20)17-15(4,10-16)9-11(2)3/h6-8,11,17H,5,9-10,16H2,1-4H3. The Morgan fingerprint density at radius 2 is 2.14 bits per heavy atom. The molecule has 0 aliphatic carbocycles. The maximum Gasteiger partial charge on any atom is 0.333 e. The van der Waals surface area contributed by atoms with Crippen molar-refractivity contribution in [1.29, 1.82) is 0 Å². The molecule has 1 rings (SSSR count). The molecule has 0 aliphatic rings. The second-order valence-electron chi connectivity index (χ2n) is 5.83. The van der Waals surface area contributed by atoms with Gasteiger partial charge in [-0.1, -0.05) is 19.9 Å². The van der Waals surface area contributed by atoms with Gasteiger partial charge in [-0.25, -0.2) is 0 Å². The van der Waals surface area contributed by atoms with Crippen LogP contribution in [-0.4, -0.2) is 23.6 Å². The Labute approximate surface area is 125 Å². The van der Waals surface area contributed by atoms with Crippen molar-refractivity contribution in [2.45, 2.75) is 39.7 Å². The smallest absolute Gasteiger partial charge is 0.333 e. The number of nitro benzene ring substituents is 1. The molecule has 1 unspecified atom stereocenters.